The minimum Gasteiger partial charge on any atom is -0.494 e. The van der Waals surface area contributed by atoms with Gasteiger partial charge in [-0.25, -0.2) is 0 Å². The number of hydrogen-bond donors (Lipinski definition) is 1. The molecule has 2 N–H and O–H groups in total. The molecule has 1 fully saturated rings. The van der Waals surface area contributed by atoms with Crippen molar-refractivity contribution in [3.8, 4) is 5.75 Å². The predicted octanol–water partition coefficient (Wildman–Crippen LogP) is 4.69. The van der Waals surface area contributed by atoms with E-state index >= 15 is 0 Å². The highest BCUT2D eigenvalue weighted by Crippen LogP contribution is 2.50. The fourth-order valence-corrected chi connectivity index (χ4v) is 3.83. The third-order valence-corrected chi connectivity index (χ3v) is 4.62. The smallest absolute Gasteiger partial charge is 0.119 e. The van der Waals surface area contributed by atoms with Crippen molar-refractivity contribution in [3.05, 3.63) is 29.8 Å². The zero-order chi connectivity index (χ0) is 14.6. The van der Waals surface area contributed by atoms with Gasteiger partial charge in [0, 0.05) is 6.04 Å². The van der Waals surface area contributed by atoms with E-state index in [1.54, 1.807) is 0 Å². The first-order valence-electron chi connectivity index (χ1n) is 8.06. The largest absolute Gasteiger partial charge is 0.494 e. The Labute approximate surface area is 123 Å². The third-order valence-electron chi connectivity index (χ3n) is 4.62. The summed E-state index contributed by atoms with van der Waals surface area (Å²) in [7, 11) is 0. The minimum atomic E-state index is 0.156. The van der Waals surface area contributed by atoms with Crippen molar-refractivity contribution in [3.63, 3.8) is 0 Å². The number of ether oxygens (including phenoxy) is 1. The van der Waals surface area contributed by atoms with E-state index in [4.69, 9.17) is 10.5 Å². The highest BCUT2D eigenvalue weighted by molar-refractivity contribution is 5.30. The predicted molar refractivity (Wildman–Crippen MR) is 84.9 cm³/mol. The molecule has 1 saturated carbocycles. The molecule has 1 aromatic carbocycles. The van der Waals surface area contributed by atoms with Gasteiger partial charge >= 0.3 is 0 Å². The molecule has 1 aromatic rings. The maximum Gasteiger partial charge on any atom is 0.119 e. The molecule has 1 unspecified atom stereocenters. The SMILES string of the molecule is CCOc1ccc(C(N)C2(CC(C)C)CCCC2)cc1. The van der Waals surface area contributed by atoms with E-state index in [9.17, 15) is 0 Å². The van der Waals surface area contributed by atoms with E-state index in [0.717, 1.165) is 5.75 Å². The van der Waals surface area contributed by atoms with Gasteiger partial charge in [-0.1, -0.05) is 38.8 Å². The summed E-state index contributed by atoms with van der Waals surface area (Å²) in [6.45, 7) is 7.34. The summed E-state index contributed by atoms with van der Waals surface area (Å²) >= 11 is 0. The van der Waals surface area contributed by atoms with Crippen LogP contribution in [0, 0.1) is 11.3 Å². The van der Waals surface area contributed by atoms with Crippen LogP contribution >= 0.6 is 0 Å². The first kappa shape index (κ1) is 15.4. The van der Waals surface area contributed by atoms with Gasteiger partial charge in [-0.15, -0.1) is 0 Å². The summed E-state index contributed by atoms with van der Waals surface area (Å²) in [5.74, 6) is 1.65. The lowest BCUT2D eigenvalue weighted by Gasteiger charge is -2.37. The van der Waals surface area contributed by atoms with Gasteiger partial charge in [-0.05, 0) is 55.2 Å². The second-order valence-electron chi connectivity index (χ2n) is 6.65. The molecule has 1 aliphatic rings. The Morgan fingerprint density at radius 1 is 1.15 bits per heavy atom. The fraction of sp³-hybridized carbons (Fsp3) is 0.667. The van der Waals surface area contributed by atoms with Crippen LogP contribution in [0.3, 0.4) is 0 Å². The molecule has 0 heterocycles. The molecule has 1 aliphatic carbocycles. The molecule has 0 amide bonds. The Morgan fingerprint density at radius 2 is 1.75 bits per heavy atom. The molecule has 20 heavy (non-hydrogen) atoms. The Morgan fingerprint density at radius 3 is 2.25 bits per heavy atom. The van der Waals surface area contributed by atoms with Crippen LogP contribution in [0.5, 0.6) is 5.75 Å². The van der Waals surface area contributed by atoms with E-state index in [2.05, 4.69) is 38.1 Å². The van der Waals surface area contributed by atoms with Gasteiger partial charge in [-0.3, -0.25) is 0 Å². The lowest BCUT2D eigenvalue weighted by atomic mass is 9.71. The van der Waals surface area contributed by atoms with Crippen molar-refractivity contribution >= 4 is 0 Å². The highest BCUT2D eigenvalue weighted by Gasteiger charge is 2.40. The summed E-state index contributed by atoms with van der Waals surface area (Å²) < 4.78 is 5.51. The van der Waals surface area contributed by atoms with Crippen molar-refractivity contribution in [2.45, 2.75) is 58.9 Å². The molecule has 0 bridgehead atoms. The van der Waals surface area contributed by atoms with Crippen molar-refractivity contribution in [1.29, 1.82) is 0 Å². The first-order chi connectivity index (χ1) is 9.57. The van der Waals surface area contributed by atoms with E-state index in [0.29, 0.717) is 17.9 Å². The highest BCUT2D eigenvalue weighted by atomic mass is 16.5. The summed E-state index contributed by atoms with van der Waals surface area (Å²) in [5.41, 5.74) is 8.23. The van der Waals surface area contributed by atoms with Crippen LogP contribution in [-0.4, -0.2) is 6.61 Å². The van der Waals surface area contributed by atoms with Crippen molar-refractivity contribution in [1.82, 2.24) is 0 Å². The Kier molecular flexibility index (Phi) is 5.09. The third kappa shape index (κ3) is 3.35. The van der Waals surface area contributed by atoms with Crippen LogP contribution < -0.4 is 10.5 Å². The van der Waals surface area contributed by atoms with Gasteiger partial charge in [0.05, 0.1) is 6.61 Å². The van der Waals surface area contributed by atoms with Crippen molar-refractivity contribution in [2.24, 2.45) is 17.1 Å². The monoisotopic (exact) mass is 275 g/mol. The zero-order valence-electron chi connectivity index (χ0n) is 13.2. The van der Waals surface area contributed by atoms with Crippen LogP contribution in [0.4, 0.5) is 0 Å². The number of hydrogen-bond acceptors (Lipinski definition) is 2. The topological polar surface area (TPSA) is 35.2 Å². The summed E-state index contributed by atoms with van der Waals surface area (Å²) in [6.07, 6.45) is 6.45. The Hall–Kier alpha value is -1.02. The molecule has 0 aliphatic heterocycles. The lowest BCUT2D eigenvalue weighted by molar-refractivity contribution is 0.183. The molecular weight excluding hydrogens is 246 g/mol. The van der Waals surface area contributed by atoms with E-state index < -0.39 is 0 Å². The molecule has 2 rings (SSSR count). The minimum absolute atomic E-state index is 0.156. The average Bonchev–Trinajstić information content (AvgIpc) is 2.88. The number of benzene rings is 1. The molecule has 2 heteroatoms. The Balaban J connectivity index is 2.16. The van der Waals surface area contributed by atoms with Crippen LogP contribution in [0.25, 0.3) is 0 Å². The fourth-order valence-electron chi connectivity index (χ4n) is 3.83. The summed E-state index contributed by atoms with van der Waals surface area (Å²) in [4.78, 5) is 0. The average molecular weight is 275 g/mol. The molecule has 2 nitrogen and oxygen atoms in total. The molecule has 0 aromatic heterocycles. The standard InChI is InChI=1S/C18H29NO/c1-4-20-16-9-7-15(8-10-16)17(19)18(13-14(2)3)11-5-6-12-18/h7-10,14,17H,4-6,11-13,19H2,1-3H3. The van der Waals surface area contributed by atoms with Gasteiger partial charge in [-0.2, -0.15) is 0 Å². The van der Waals surface area contributed by atoms with Crippen molar-refractivity contribution < 1.29 is 4.74 Å². The molecule has 0 radical (unpaired) electrons. The first-order valence-corrected chi connectivity index (χ1v) is 8.06. The molecular formula is C18H29NO. The van der Waals surface area contributed by atoms with Crippen LogP contribution in [0.15, 0.2) is 24.3 Å². The maximum atomic E-state index is 6.67. The second kappa shape index (κ2) is 6.62. The summed E-state index contributed by atoms with van der Waals surface area (Å²) in [6, 6.07) is 8.56. The normalized spacial score (nSPS) is 19.2. The quantitative estimate of drug-likeness (QED) is 0.817. The van der Waals surface area contributed by atoms with Gasteiger partial charge < -0.3 is 10.5 Å². The van der Waals surface area contributed by atoms with E-state index in [-0.39, 0.29) is 6.04 Å². The Bertz CT molecular complexity index is 404. The van der Waals surface area contributed by atoms with E-state index in [1.165, 1.54) is 37.7 Å². The number of rotatable bonds is 6. The molecule has 1 atom stereocenters. The summed E-state index contributed by atoms with van der Waals surface area (Å²) in [5, 5.41) is 0. The molecule has 112 valence electrons. The molecule has 0 saturated heterocycles. The van der Waals surface area contributed by atoms with Crippen LogP contribution in [0.1, 0.15) is 64.5 Å². The van der Waals surface area contributed by atoms with Gasteiger partial charge in [0.1, 0.15) is 5.75 Å². The molecule has 0 spiro atoms. The maximum absolute atomic E-state index is 6.67. The van der Waals surface area contributed by atoms with E-state index in [1.807, 2.05) is 6.92 Å². The second-order valence-corrected chi connectivity index (χ2v) is 6.65. The van der Waals surface area contributed by atoms with Crippen molar-refractivity contribution in [2.75, 3.05) is 6.61 Å². The van der Waals surface area contributed by atoms with Gasteiger partial charge in [0.15, 0.2) is 0 Å². The van der Waals surface area contributed by atoms with Crippen LogP contribution in [-0.2, 0) is 0 Å². The lowest BCUT2D eigenvalue weighted by Crippen LogP contribution is -2.33. The number of nitrogens with two attached hydrogens (primary N) is 1. The van der Waals surface area contributed by atoms with Gasteiger partial charge in [0.25, 0.3) is 0 Å². The van der Waals surface area contributed by atoms with Gasteiger partial charge in [0.2, 0.25) is 0 Å². The zero-order valence-corrected chi connectivity index (χ0v) is 13.2. The van der Waals surface area contributed by atoms with Crippen LogP contribution in [0.2, 0.25) is 0 Å².